The number of ether oxygens (including phenoxy) is 1. The number of hydrogen-bond donors (Lipinski definition) is 1. The number of benzene rings is 2. The van der Waals surface area contributed by atoms with Crippen LogP contribution >= 0.6 is 11.6 Å². The highest BCUT2D eigenvalue weighted by Crippen LogP contribution is 2.25. The predicted molar refractivity (Wildman–Crippen MR) is 69.1 cm³/mol. The van der Waals surface area contributed by atoms with Crippen molar-refractivity contribution in [3.05, 3.63) is 64.2 Å². The molecule has 20 heavy (non-hydrogen) atoms. The highest BCUT2D eigenvalue weighted by Gasteiger charge is 2.16. The van der Waals surface area contributed by atoms with Gasteiger partial charge in [-0.1, -0.05) is 17.7 Å². The second-order valence-electron chi connectivity index (χ2n) is 3.95. The van der Waals surface area contributed by atoms with Gasteiger partial charge in [-0.15, -0.1) is 0 Å². The van der Waals surface area contributed by atoms with Crippen molar-refractivity contribution in [1.29, 1.82) is 0 Å². The van der Waals surface area contributed by atoms with Gasteiger partial charge in [-0.3, -0.25) is 0 Å². The summed E-state index contributed by atoms with van der Waals surface area (Å²) in [5.41, 5.74) is -0.218. The van der Waals surface area contributed by atoms with Crippen molar-refractivity contribution < 1.29 is 23.4 Å². The van der Waals surface area contributed by atoms with Gasteiger partial charge in [0.2, 0.25) is 0 Å². The fraction of sp³-hybridized carbons (Fsp3) is 0.0714. The molecule has 0 aliphatic carbocycles. The maximum atomic E-state index is 13.6. The molecule has 2 aromatic rings. The van der Waals surface area contributed by atoms with E-state index >= 15 is 0 Å². The number of rotatable bonds is 4. The average Bonchev–Trinajstić information content (AvgIpc) is 2.40. The monoisotopic (exact) mass is 298 g/mol. The largest absolute Gasteiger partial charge is 0.485 e. The van der Waals surface area contributed by atoms with Crippen LogP contribution in [-0.4, -0.2) is 11.1 Å². The zero-order valence-corrected chi connectivity index (χ0v) is 10.8. The first-order valence-electron chi connectivity index (χ1n) is 5.57. The van der Waals surface area contributed by atoms with E-state index in [0.29, 0.717) is 5.02 Å². The third kappa shape index (κ3) is 3.05. The molecule has 0 radical (unpaired) electrons. The Morgan fingerprint density at radius 3 is 2.65 bits per heavy atom. The van der Waals surface area contributed by atoms with E-state index in [1.807, 2.05) is 0 Å². The van der Waals surface area contributed by atoms with Crippen LogP contribution in [0.3, 0.4) is 0 Å². The van der Waals surface area contributed by atoms with Gasteiger partial charge in [0, 0.05) is 10.6 Å². The van der Waals surface area contributed by atoms with Crippen LogP contribution in [0.15, 0.2) is 36.4 Å². The average molecular weight is 299 g/mol. The standard InChI is InChI=1S/C14H9ClF2O3/c15-9-4-5-11(16)8(6-9)7-20-13-10(14(18)19)2-1-3-12(13)17/h1-6H,7H2,(H,18,19). The van der Waals surface area contributed by atoms with Crippen LogP contribution in [0.4, 0.5) is 8.78 Å². The molecule has 2 aromatic carbocycles. The maximum absolute atomic E-state index is 13.6. The number of aromatic carboxylic acids is 1. The van der Waals surface area contributed by atoms with Gasteiger partial charge in [0.05, 0.1) is 0 Å². The Morgan fingerprint density at radius 2 is 1.95 bits per heavy atom. The minimum absolute atomic E-state index is 0.108. The molecule has 2 rings (SSSR count). The van der Waals surface area contributed by atoms with Crippen LogP contribution in [0.1, 0.15) is 15.9 Å². The molecule has 0 bridgehead atoms. The SMILES string of the molecule is O=C(O)c1cccc(F)c1OCc1cc(Cl)ccc1F. The molecule has 0 aliphatic heterocycles. The fourth-order valence-corrected chi connectivity index (χ4v) is 1.82. The number of para-hydroxylation sites is 1. The Morgan fingerprint density at radius 1 is 1.20 bits per heavy atom. The van der Waals surface area contributed by atoms with Crippen molar-refractivity contribution in [1.82, 2.24) is 0 Å². The Bertz CT molecular complexity index is 659. The summed E-state index contributed by atoms with van der Waals surface area (Å²) in [6.45, 7) is -0.326. The zero-order chi connectivity index (χ0) is 14.7. The van der Waals surface area contributed by atoms with E-state index in [-0.39, 0.29) is 17.7 Å². The number of carbonyl (C=O) groups is 1. The summed E-state index contributed by atoms with van der Waals surface area (Å²) in [5.74, 6) is -3.15. The molecule has 0 fully saturated rings. The molecule has 0 aromatic heterocycles. The lowest BCUT2D eigenvalue weighted by Crippen LogP contribution is -2.06. The van der Waals surface area contributed by atoms with Crippen molar-refractivity contribution >= 4 is 17.6 Å². The Hall–Kier alpha value is -2.14. The van der Waals surface area contributed by atoms with E-state index in [9.17, 15) is 13.6 Å². The molecular formula is C14H9ClF2O3. The Balaban J connectivity index is 2.27. The van der Waals surface area contributed by atoms with Gasteiger partial charge >= 0.3 is 5.97 Å². The number of carboxylic acid groups (broad SMARTS) is 1. The second kappa shape index (κ2) is 5.88. The highest BCUT2D eigenvalue weighted by molar-refractivity contribution is 6.30. The lowest BCUT2D eigenvalue weighted by Gasteiger charge is -2.10. The van der Waals surface area contributed by atoms with Crippen LogP contribution in [0.2, 0.25) is 5.02 Å². The van der Waals surface area contributed by atoms with Crippen molar-refractivity contribution in [2.45, 2.75) is 6.61 Å². The van der Waals surface area contributed by atoms with Crippen LogP contribution in [0.5, 0.6) is 5.75 Å². The van der Waals surface area contributed by atoms with Crippen molar-refractivity contribution in [3.63, 3.8) is 0 Å². The van der Waals surface area contributed by atoms with Crippen molar-refractivity contribution in [3.8, 4) is 5.75 Å². The summed E-state index contributed by atoms with van der Waals surface area (Å²) in [7, 11) is 0. The molecular weight excluding hydrogens is 290 g/mol. The van der Waals surface area contributed by atoms with Gasteiger partial charge in [0.15, 0.2) is 11.6 Å². The third-order valence-corrected chi connectivity index (χ3v) is 2.81. The minimum atomic E-state index is -1.33. The van der Waals surface area contributed by atoms with Crippen LogP contribution in [0.25, 0.3) is 0 Å². The molecule has 3 nitrogen and oxygen atoms in total. The van der Waals surface area contributed by atoms with E-state index in [1.165, 1.54) is 24.3 Å². The summed E-state index contributed by atoms with van der Waals surface area (Å²) in [4.78, 5) is 11.0. The van der Waals surface area contributed by atoms with Crippen LogP contribution < -0.4 is 4.74 Å². The van der Waals surface area contributed by atoms with Gasteiger partial charge < -0.3 is 9.84 Å². The summed E-state index contributed by atoms with van der Waals surface area (Å²) < 4.78 is 32.2. The number of halogens is 3. The van der Waals surface area contributed by atoms with Gasteiger partial charge in [-0.25, -0.2) is 13.6 Å². The molecule has 1 N–H and O–H groups in total. The molecule has 0 saturated heterocycles. The molecule has 0 atom stereocenters. The Labute approximate surface area is 118 Å². The molecule has 0 aliphatic rings. The van der Waals surface area contributed by atoms with E-state index in [2.05, 4.69) is 0 Å². The topological polar surface area (TPSA) is 46.5 Å². The van der Waals surface area contributed by atoms with Crippen LogP contribution in [-0.2, 0) is 6.61 Å². The van der Waals surface area contributed by atoms with Crippen molar-refractivity contribution in [2.75, 3.05) is 0 Å². The van der Waals surface area contributed by atoms with Gasteiger partial charge in [-0.05, 0) is 30.3 Å². The van der Waals surface area contributed by atoms with Crippen LogP contribution in [0, 0.1) is 11.6 Å². The van der Waals surface area contributed by atoms with E-state index in [0.717, 1.165) is 12.1 Å². The summed E-state index contributed by atoms with van der Waals surface area (Å²) in [6, 6.07) is 7.38. The maximum Gasteiger partial charge on any atom is 0.339 e. The highest BCUT2D eigenvalue weighted by atomic mass is 35.5. The number of carboxylic acids is 1. The van der Waals surface area contributed by atoms with Crippen molar-refractivity contribution in [2.24, 2.45) is 0 Å². The van der Waals surface area contributed by atoms with E-state index < -0.39 is 23.4 Å². The smallest absolute Gasteiger partial charge is 0.339 e. The third-order valence-electron chi connectivity index (χ3n) is 2.58. The fourth-order valence-electron chi connectivity index (χ4n) is 1.63. The lowest BCUT2D eigenvalue weighted by atomic mass is 10.2. The lowest BCUT2D eigenvalue weighted by molar-refractivity contribution is 0.0690. The molecule has 0 amide bonds. The first-order chi connectivity index (χ1) is 9.49. The van der Waals surface area contributed by atoms with Gasteiger partial charge in [-0.2, -0.15) is 0 Å². The zero-order valence-electron chi connectivity index (χ0n) is 10.1. The summed E-state index contributed by atoms with van der Waals surface area (Å²) >= 11 is 5.72. The quantitative estimate of drug-likeness (QED) is 0.931. The summed E-state index contributed by atoms with van der Waals surface area (Å²) in [6.07, 6.45) is 0. The first kappa shape index (κ1) is 14.3. The molecule has 0 heterocycles. The molecule has 104 valence electrons. The van der Waals surface area contributed by atoms with Gasteiger partial charge in [0.25, 0.3) is 0 Å². The predicted octanol–water partition coefficient (Wildman–Crippen LogP) is 3.90. The minimum Gasteiger partial charge on any atom is -0.485 e. The first-order valence-corrected chi connectivity index (χ1v) is 5.95. The van der Waals surface area contributed by atoms with E-state index in [4.69, 9.17) is 21.4 Å². The summed E-state index contributed by atoms with van der Waals surface area (Å²) in [5, 5.41) is 9.25. The molecule has 0 spiro atoms. The second-order valence-corrected chi connectivity index (χ2v) is 4.38. The van der Waals surface area contributed by atoms with Gasteiger partial charge in [0.1, 0.15) is 18.0 Å². The molecule has 0 unspecified atom stereocenters. The molecule has 0 saturated carbocycles. The Kier molecular flexibility index (Phi) is 4.20. The molecule has 6 heteroatoms. The van der Waals surface area contributed by atoms with E-state index in [1.54, 1.807) is 0 Å². The normalized spacial score (nSPS) is 10.3. The number of hydrogen-bond acceptors (Lipinski definition) is 2.